The number of fused-ring (bicyclic) bond motifs is 1. The third-order valence-electron chi connectivity index (χ3n) is 2.65. The average molecular weight is 275 g/mol. The Kier molecular flexibility index (Phi) is 3.97. The molecule has 20 heavy (non-hydrogen) atoms. The van der Waals surface area contributed by atoms with Crippen LogP contribution in [0, 0.1) is 6.92 Å². The Bertz CT molecular complexity index is 660. The molecular formula is C13H17N5O2. The number of carbonyl (C=O) groups is 1. The van der Waals surface area contributed by atoms with Gasteiger partial charge in [0.15, 0.2) is 0 Å². The predicted molar refractivity (Wildman–Crippen MR) is 74.2 cm³/mol. The van der Waals surface area contributed by atoms with Crippen LogP contribution in [0.4, 0.5) is 0 Å². The van der Waals surface area contributed by atoms with Crippen LogP contribution in [0.5, 0.6) is 0 Å². The van der Waals surface area contributed by atoms with E-state index in [9.17, 15) is 4.79 Å². The second-order valence-corrected chi connectivity index (χ2v) is 4.43. The normalized spacial score (nSPS) is 11.2. The molecule has 0 radical (unpaired) electrons. The summed E-state index contributed by atoms with van der Waals surface area (Å²) in [5, 5.41) is 4.11. The van der Waals surface area contributed by atoms with E-state index in [1.54, 1.807) is 19.9 Å². The zero-order chi connectivity index (χ0) is 14.7. The van der Waals surface area contributed by atoms with Gasteiger partial charge in [-0.05, 0) is 19.9 Å². The van der Waals surface area contributed by atoms with E-state index in [1.165, 1.54) is 10.8 Å². The van der Waals surface area contributed by atoms with Gasteiger partial charge in [-0.2, -0.15) is 14.6 Å². The van der Waals surface area contributed by atoms with Crippen LogP contribution in [0.1, 0.15) is 28.7 Å². The summed E-state index contributed by atoms with van der Waals surface area (Å²) in [4.78, 5) is 22.3. The van der Waals surface area contributed by atoms with Gasteiger partial charge in [-0.15, -0.1) is 0 Å². The van der Waals surface area contributed by atoms with Gasteiger partial charge in [-0.3, -0.25) is 0 Å². The number of ether oxygens (including phenoxy) is 1. The number of esters is 1. The standard InChI is InChI=1S/C13H17N5O2/c1-5-20-12(19)11-9(2)16-13-14-8-15-18(13)10(11)6-7-17(3)4/h6-8H,5H2,1-4H3. The van der Waals surface area contributed by atoms with Crippen LogP contribution in [-0.4, -0.2) is 51.2 Å². The molecule has 0 spiro atoms. The van der Waals surface area contributed by atoms with E-state index < -0.39 is 5.97 Å². The van der Waals surface area contributed by atoms with Gasteiger partial charge in [0.2, 0.25) is 0 Å². The van der Waals surface area contributed by atoms with Crippen molar-refractivity contribution in [3.8, 4) is 0 Å². The topological polar surface area (TPSA) is 72.6 Å². The molecule has 0 aliphatic heterocycles. The van der Waals surface area contributed by atoms with Crippen molar-refractivity contribution in [2.75, 3.05) is 20.7 Å². The quantitative estimate of drug-likeness (QED) is 0.779. The van der Waals surface area contributed by atoms with Gasteiger partial charge in [-0.25, -0.2) is 9.78 Å². The summed E-state index contributed by atoms with van der Waals surface area (Å²) in [7, 11) is 3.79. The van der Waals surface area contributed by atoms with E-state index in [2.05, 4.69) is 15.1 Å². The van der Waals surface area contributed by atoms with Crippen LogP contribution >= 0.6 is 0 Å². The third kappa shape index (κ3) is 2.61. The molecule has 0 N–H and O–H groups in total. The maximum absolute atomic E-state index is 12.1. The maximum atomic E-state index is 12.1. The molecular weight excluding hydrogens is 258 g/mol. The highest BCUT2D eigenvalue weighted by Gasteiger charge is 2.20. The number of aryl methyl sites for hydroxylation is 1. The Labute approximate surface area is 116 Å². The van der Waals surface area contributed by atoms with Crippen molar-refractivity contribution >= 4 is 17.8 Å². The summed E-state index contributed by atoms with van der Waals surface area (Å²) in [6.07, 6.45) is 5.03. The van der Waals surface area contributed by atoms with Gasteiger partial charge < -0.3 is 9.64 Å². The SMILES string of the molecule is CCOC(=O)c1c(C)nc2ncnn2c1C=CN(C)C. The predicted octanol–water partition coefficient (Wildman–Crippen LogP) is 1.14. The molecule has 0 aromatic carbocycles. The fourth-order valence-corrected chi connectivity index (χ4v) is 1.81. The maximum Gasteiger partial charge on any atom is 0.342 e. The van der Waals surface area contributed by atoms with Crippen molar-refractivity contribution in [3.05, 3.63) is 29.5 Å². The molecule has 7 heteroatoms. The van der Waals surface area contributed by atoms with Gasteiger partial charge >= 0.3 is 5.97 Å². The van der Waals surface area contributed by atoms with Crippen LogP contribution < -0.4 is 0 Å². The van der Waals surface area contributed by atoms with Crippen LogP contribution in [0.25, 0.3) is 11.9 Å². The van der Waals surface area contributed by atoms with Crippen LogP contribution in [0.2, 0.25) is 0 Å². The molecule has 0 saturated heterocycles. The Morgan fingerprint density at radius 3 is 2.90 bits per heavy atom. The van der Waals surface area contributed by atoms with E-state index in [4.69, 9.17) is 4.74 Å². The molecule has 2 aromatic heterocycles. The zero-order valence-corrected chi connectivity index (χ0v) is 12.0. The van der Waals surface area contributed by atoms with Crippen molar-refractivity contribution in [1.82, 2.24) is 24.5 Å². The lowest BCUT2D eigenvalue weighted by molar-refractivity contribution is 0.0524. The molecule has 7 nitrogen and oxygen atoms in total. The molecule has 0 unspecified atom stereocenters. The minimum Gasteiger partial charge on any atom is -0.462 e. The van der Waals surface area contributed by atoms with Crippen LogP contribution in [0.15, 0.2) is 12.5 Å². The number of aromatic nitrogens is 4. The largest absolute Gasteiger partial charge is 0.462 e. The number of rotatable bonds is 4. The van der Waals surface area contributed by atoms with Gasteiger partial charge in [0.05, 0.1) is 18.0 Å². The third-order valence-corrected chi connectivity index (χ3v) is 2.65. The lowest BCUT2D eigenvalue weighted by Crippen LogP contribution is -2.14. The molecule has 0 aliphatic rings. The van der Waals surface area contributed by atoms with Crippen molar-refractivity contribution in [2.24, 2.45) is 0 Å². The minimum absolute atomic E-state index is 0.310. The number of carbonyl (C=O) groups excluding carboxylic acids is 1. The van der Waals surface area contributed by atoms with E-state index in [0.717, 1.165) is 0 Å². The fraction of sp³-hybridized carbons (Fsp3) is 0.385. The monoisotopic (exact) mass is 275 g/mol. The van der Waals surface area contributed by atoms with E-state index in [-0.39, 0.29) is 0 Å². The van der Waals surface area contributed by atoms with E-state index in [1.807, 2.05) is 25.2 Å². The zero-order valence-electron chi connectivity index (χ0n) is 12.0. The first-order valence-corrected chi connectivity index (χ1v) is 6.26. The molecule has 0 aliphatic carbocycles. The number of hydrogen-bond donors (Lipinski definition) is 0. The first kappa shape index (κ1) is 14.0. The first-order chi connectivity index (χ1) is 9.54. The fourth-order valence-electron chi connectivity index (χ4n) is 1.81. The second-order valence-electron chi connectivity index (χ2n) is 4.43. The second kappa shape index (κ2) is 5.68. The lowest BCUT2D eigenvalue weighted by atomic mass is 10.1. The summed E-state index contributed by atoms with van der Waals surface area (Å²) in [6.45, 7) is 3.84. The Hall–Kier alpha value is -2.44. The molecule has 0 bridgehead atoms. The Morgan fingerprint density at radius 2 is 2.25 bits per heavy atom. The van der Waals surface area contributed by atoms with E-state index in [0.29, 0.717) is 29.3 Å². The molecule has 0 amide bonds. The highest BCUT2D eigenvalue weighted by molar-refractivity contribution is 5.94. The molecule has 0 saturated carbocycles. The number of nitrogens with zero attached hydrogens (tertiary/aromatic N) is 5. The average Bonchev–Trinajstić information content (AvgIpc) is 2.83. The van der Waals surface area contributed by atoms with Crippen LogP contribution in [0.3, 0.4) is 0 Å². The summed E-state index contributed by atoms with van der Waals surface area (Å²) >= 11 is 0. The highest BCUT2D eigenvalue weighted by atomic mass is 16.5. The first-order valence-electron chi connectivity index (χ1n) is 6.26. The van der Waals surface area contributed by atoms with Crippen molar-refractivity contribution < 1.29 is 9.53 Å². The summed E-state index contributed by atoms with van der Waals surface area (Å²) in [5.41, 5.74) is 1.59. The van der Waals surface area contributed by atoms with Crippen molar-refractivity contribution in [1.29, 1.82) is 0 Å². The summed E-state index contributed by atoms with van der Waals surface area (Å²) in [5.74, 6) is 0.0438. The van der Waals surface area contributed by atoms with Gasteiger partial charge in [-0.1, -0.05) is 0 Å². The Morgan fingerprint density at radius 1 is 1.50 bits per heavy atom. The van der Waals surface area contributed by atoms with Crippen LogP contribution in [-0.2, 0) is 4.74 Å². The summed E-state index contributed by atoms with van der Waals surface area (Å²) < 4.78 is 6.62. The molecule has 0 fully saturated rings. The molecule has 2 heterocycles. The van der Waals surface area contributed by atoms with Gasteiger partial charge in [0.25, 0.3) is 5.78 Å². The molecule has 106 valence electrons. The molecule has 2 rings (SSSR count). The Balaban J connectivity index is 2.66. The van der Waals surface area contributed by atoms with Crippen molar-refractivity contribution in [2.45, 2.75) is 13.8 Å². The highest BCUT2D eigenvalue weighted by Crippen LogP contribution is 2.17. The van der Waals surface area contributed by atoms with Crippen molar-refractivity contribution in [3.63, 3.8) is 0 Å². The smallest absolute Gasteiger partial charge is 0.342 e. The minimum atomic E-state index is -0.409. The van der Waals surface area contributed by atoms with E-state index >= 15 is 0 Å². The van der Waals surface area contributed by atoms with Gasteiger partial charge in [0, 0.05) is 20.3 Å². The summed E-state index contributed by atoms with van der Waals surface area (Å²) in [6, 6.07) is 0. The lowest BCUT2D eigenvalue weighted by Gasteiger charge is -2.11. The molecule has 2 aromatic rings. The number of hydrogen-bond acceptors (Lipinski definition) is 6. The van der Waals surface area contributed by atoms with Gasteiger partial charge in [0.1, 0.15) is 11.9 Å². The molecule has 0 atom stereocenters.